The van der Waals surface area contributed by atoms with Crippen LogP contribution in [0.4, 0.5) is 5.69 Å². The van der Waals surface area contributed by atoms with Gasteiger partial charge in [-0.05, 0) is 39.7 Å². The lowest BCUT2D eigenvalue weighted by Crippen LogP contribution is -2.21. The highest BCUT2D eigenvalue weighted by Gasteiger charge is 2.33. The van der Waals surface area contributed by atoms with E-state index in [-0.39, 0.29) is 5.88 Å². The molecule has 152 valence electrons. The number of methoxy groups -OCH3 is 2. The van der Waals surface area contributed by atoms with E-state index in [1.165, 1.54) is 0 Å². The molecule has 0 spiro atoms. The molecule has 1 unspecified atom stereocenters. The molecule has 3 aromatic rings. The zero-order chi connectivity index (χ0) is 21.4. The van der Waals surface area contributed by atoms with Gasteiger partial charge in [-0.3, -0.25) is 0 Å². The molecule has 0 fully saturated rings. The van der Waals surface area contributed by atoms with Crippen molar-refractivity contribution in [2.24, 2.45) is 5.73 Å². The molecule has 6 nitrogen and oxygen atoms in total. The minimum absolute atomic E-state index is 0.100. The van der Waals surface area contributed by atoms with E-state index in [1.54, 1.807) is 14.2 Å². The first kappa shape index (κ1) is 19.9. The SMILES string of the molecule is CNc1cccc2c3c(ccc12)C(c1cc(Br)c(OC)c(OC)c1)C(C#N)=C(N)O3. The molecule has 3 N–H and O–H groups in total. The Morgan fingerprint density at radius 1 is 1.13 bits per heavy atom. The molecule has 0 bridgehead atoms. The van der Waals surface area contributed by atoms with E-state index in [0.717, 1.165) is 32.1 Å². The zero-order valence-corrected chi connectivity index (χ0v) is 18.3. The quantitative estimate of drug-likeness (QED) is 0.570. The number of fused-ring (bicyclic) bond motifs is 3. The minimum atomic E-state index is -0.405. The van der Waals surface area contributed by atoms with Crippen LogP contribution in [0.5, 0.6) is 17.2 Å². The molecule has 1 aliphatic rings. The van der Waals surface area contributed by atoms with Gasteiger partial charge in [0.25, 0.3) is 0 Å². The van der Waals surface area contributed by atoms with Crippen LogP contribution >= 0.6 is 15.9 Å². The topological polar surface area (TPSA) is 89.5 Å². The first-order valence-corrected chi connectivity index (χ1v) is 10.1. The summed E-state index contributed by atoms with van der Waals surface area (Å²) in [6, 6.07) is 16.0. The first-order chi connectivity index (χ1) is 14.5. The molecule has 0 aromatic heterocycles. The van der Waals surface area contributed by atoms with Gasteiger partial charge in [0.2, 0.25) is 5.88 Å². The third kappa shape index (κ3) is 3.01. The molecule has 0 radical (unpaired) electrons. The maximum atomic E-state index is 9.87. The summed E-state index contributed by atoms with van der Waals surface area (Å²) < 4.78 is 17.6. The van der Waals surface area contributed by atoms with E-state index >= 15 is 0 Å². The maximum Gasteiger partial charge on any atom is 0.205 e. The Labute approximate surface area is 183 Å². The van der Waals surface area contributed by atoms with Gasteiger partial charge in [0.05, 0.1) is 24.6 Å². The zero-order valence-electron chi connectivity index (χ0n) is 16.7. The van der Waals surface area contributed by atoms with E-state index in [2.05, 4.69) is 27.3 Å². The number of nitrogens with two attached hydrogens (primary N) is 1. The van der Waals surface area contributed by atoms with E-state index in [1.807, 2.05) is 49.5 Å². The first-order valence-electron chi connectivity index (χ1n) is 9.26. The average molecular weight is 466 g/mol. The molecule has 7 heteroatoms. The van der Waals surface area contributed by atoms with Crippen LogP contribution < -0.4 is 25.3 Å². The molecular weight excluding hydrogens is 446 g/mol. The van der Waals surface area contributed by atoms with Gasteiger partial charge in [-0.15, -0.1) is 0 Å². The summed E-state index contributed by atoms with van der Waals surface area (Å²) in [7, 11) is 5.03. The van der Waals surface area contributed by atoms with Crippen LogP contribution in [0.1, 0.15) is 17.0 Å². The molecule has 0 aliphatic carbocycles. The van der Waals surface area contributed by atoms with E-state index < -0.39 is 5.92 Å². The number of benzene rings is 3. The van der Waals surface area contributed by atoms with E-state index in [9.17, 15) is 5.26 Å². The number of hydrogen-bond acceptors (Lipinski definition) is 6. The van der Waals surface area contributed by atoms with Crippen LogP contribution in [-0.4, -0.2) is 21.3 Å². The van der Waals surface area contributed by atoms with Crippen LogP contribution in [-0.2, 0) is 0 Å². The summed E-state index contributed by atoms with van der Waals surface area (Å²) >= 11 is 3.55. The standard InChI is InChI=1S/C23H20BrN3O3/c1-27-18-6-4-5-14-13(18)7-8-15-20(16(11-25)23(26)30-21(14)15)12-9-17(24)22(29-3)19(10-12)28-2/h4-10,20,27H,26H2,1-3H3. The molecule has 0 saturated carbocycles. The van der Waals surface area contributed by atoms with Gasteiger partial charge in [-0.25, -0.2) is 0 Å². The van der Waals surface area contributed by atoms with Crippen molar-refractivity contribution in [1.29, 1.82) is 5.26 Å². The van der Waals surface area contributed by atoms with Crippen molar-refractivity contribution in [3.05, 3.63) is 69.5 Å². The summed E-state index contributed by atoms with van der Waals surface area (Å²) in [5.74, 6) is 1.49. The van der Waals surface area contributed by atoms with Crippen LogP contribution in [0.25, 0.3) is 10.8 Å². The molecule has 0 amide bonds. The summed E-state index contributed by atoms with van der Waals surface area (Å²) in [5, 5.41) is 15.0. The van der Waals surface area contributed by atoms with Gasteiger partial charge in [0.1, 0.15) is 17.4 Å². The second-order valence-electron chi connectivity index (χ2n) is 6.80. The number of rotatable bonds is 4. The van der Waals surface area contributed by atoms with Crippen LogP contribution in [0, 0.1) is 11.3 Å². The highest BCUT2D eigenvalue weighted by molar-refractivity contribution is 9.10. The lowest BCUT2D eigenvalue weighted by molar-refractivity contribution is 0.352. The van der Waals surface area contributed by atoms with Crippen LogP contribution in [0.3, 0.4) is 0 Å². The molecular formula is C23H20BrN3O3. The number of hydrogen-bond donors (Lipinski definition) is 2. The number of nitrogens with zero attached hydrogens (tertiary/aromatic N) is 1. The Hall–Kier alpha value is -3.37. The van der Waals surface area contributed by atoms with Crippen molar-refractivity contribution in [1.82, 2.24) is 0 Å². The fourth-order valence-corrected chi connectivity index (χ4v) is 4.56. The van der Waals surface area contributed by atoms with Gasteiger partial charge in [-0.2, -0.15) is 5.26 Å². The van der Waals surface area contributed by atoms with Gasteiger partial charge in [0.15, 0.2) is 11.5 Å². The predicted molar refractivity (Wildman–Crippen MR) is 120 cm³/mol. The maximum absolute atomic E-state index is 9.87. The fraction of sp³-hybridized carbons (Fsp3) is 0.174. The highest BCUT2D eigenvalue weighted by atomic mass is 79.9. The Morgan fingerprint density at radius 3 is 2.60 bits per heavy atom. The van der Waals surface area contributed by atoms with Crippen molar-refractivity contribution in [3.8, 4) is 23.3 Å². The largest absolute Gasteiger partial charge is 0.493 e. The average Bonchev–Trinajstić information content (AvgIpc) is 2.76. The predicted octanol–water partition coefficient (Wildman–Crippen LogP) is 4.88. The highest BCUT2D eigenvalue weighted by Crippen LogP contribution is 2.48. The van der Waals surface area contributed by atoms with E-state index in [0.29, 0.717) is 22.8 Å². The van der Waals surface area contributed by atoms with Crippen molar-refractivity contribution < 1.29 is 14.2 Å². The van der Waals surface area contributed by atoms with Crippen molar-refractivity contribution >= 4 is 32.4 Å². The summed E-state index contributed by atoms with van der Waals surface area (Å²) in [6.07, 6.45) is 0. The minimum Gasteiger partial charge on any atom is -0.493 e. The number of halogens is 1. The Balaban J connectivity index is 2.01. The van der Waals surface area contributed by atoms with Gasteiger partial charge >= 0.3 is 0 Å². The second-order valence-corrected chi connectivity index (χ2v) is 7.65. The fourth-order valence-electron chi connectivity index (χ4n) is 3.94. The number of anilines is 1. The van der Waals surface area contributed by atoms with Gasteiger partial charge in [-0.1, -0.05) is 24.3 Å². The van der Waals surface area contributed by atoms with Crippen molar-refractivity contribution in [2.45, 2.75) is 5.92 Å². The number of nitriles is 1. The smallest absolute Gasteiger partial charge is 0.205 e. The van der Waals surface area contributed by atoms with Crippen LogP contribution in [0.2, 0.25) is 0 Å². The Morgan fingerprint density at radius 2 is 1.93 bits per heavy atom. The van der Waals surface area contributed by atoms with Gasteiger partial charge in [0, 0.05) is 29.1 Å². The molecule has 30 heavy (non-hydrogen) atoms. The molecule has 1 aliphatic heterocycles. The Kier molecular flexibility index (Phi) is 5.18. The third-order valence-electron chi connectivity index (χ3n) is 5.30. The van der Waals surface area contributed by atoms with Gasteiger partial charge < -0.3 is 25.3 Å². The molecule has 0 saturated heterocycles. The number of nitrogens with one attached hydrogen (secondary N) is 1. The molecule has 1 heterocycles. The summed E-state index contributed by atoms with van der Waals surface area (Å²) in [4.78, 5) is 0. The third-order valence-corrected chi connectivity index (χ3v) is 5.89. The lowest BCUT2D eigenvalue weighted by Gasteiger charge is -2.28. The molecule has 1 atom stereocenters. The monoisotopic (exact) mass is 465 g/mol. The second kappa shape index (κ2) is 7.81. The molecule has 3 aromatic carbocycles. The summed E-state index contributed by atoms with van der Waals surface area (Å²) in [6.45, 7) is 0. The number of ether oxygens (including phenoxy) is 3. The Bertz CT molecular complexity index is 1230. The normalized spacial score (nSPS) is 15.2. The van der Waals surface area contributed by atoms with E-state index in [4.69, 9.17) is 19.9 Å². The summed E-state index contributed by atoms with van der Waals surface area (Å²) in [5.41, 5.74) is 9.25. The van der Waals surface area contributed by atoms with Crippen molar-refractivity contribution in [3.63, 3.8) is 0 Å². The molecule has 4 rings (SSSR count). The lowest BCUT2D eigenvalue weighted by atomic mass is 9.82. The van der Waals surface area contributed by atoms with Crippen LogP contribution in [0.15, 0.2) is 58.4 Å². The number of allylic oxidation sites excluding steroid dienone is 1. The van der Waals surface area contributed by atoms with Crippen molar-refractivity contribution in [2.75, 3.05) is 26.6 Å².